The van der Waals surface area contributed by atoms with Gasteiger partial charge in [0.15, 0.2) is 5.69 Å². The van der Waals surface area contributed by atoms with Crippen molar-refractivity contribution in [3.8, 4) is 29.4 Å². The maximum Gasteiger partial charge on any atom is 0.251 e. The number of anilines is 2. The molecule has 1 aliphatic rings. The number of carbonyl (C=O) groups is 1. The SMILES string of the molecule is CC#Cc1c(C#CCNc2ccc(C(=O)NC)cc2OC)nn2c(N[C@@H]3CCN(C)C[C@@H]3F)cccc12. The average molecular weight is 503 g/mol. The topological polar surface area (TPSA) is 82.9 Å². The summed E-state index contributed by atoms with van der Waals surface area (Å²) in [5.74, 6) is 13.3. The molecular formula is C28H31FN6O2. The van der Waals surface area contributed by atoms with E-state index in [-0.39, 0.29) is 11.9 Å². The number of halogens is 1. The van der Waals surface area contributed by atoms with Crippen molar-refractivity contribution in [3.05, 3.63) is 53.2 Å². The molecule has 2 atom stereocenters. The molecule has 1 amide bonds. The molecule has 8 nitrogen and oxygen atoms in total. The smallest absolute Gasteiger partial charge is 0.251 e. The van der Waals surface area contributed by atoms with Crippen LogP contribution >= 0.6 is 0 Å². The lowest BCUT2D eigenvalue weighted by molar-refractivity contribution is 0.0962. The molecule has 0 spiro atoms. The number of likely N-dealkylation sites (tertiary alicyclic amines) is 1. The van der Waals surface area contributed by atoms with E-state index in [1.807, 2.05) is 30.1 Å². The van der Waals surface area contributed by atoms with Gasteiger partial charge in [0.25, 0.3) is 5.91 Å². The predicted molar refractivity (Wildman–Crippen MR) is 144 cm³/mol. The number of fused-ring (bicyclic) bond motifs is 1. The van der Waals surface area contributed by atoms with Crippen molar-refractivity contribution in [1.82, 2.24) is 19.8 Å². The number of piperidine rings is 1. The quantitative estimate of drug-likeness (QED) is 0.450. The molecule has 0 aliphatic carbocycles. The Kier molecular flexibility index (Phi) is 8.17. The Labute approximate surface area is 216 Å². The number of hydrogen-bond donors (Lipinski definition) is 3. The first-order valence-corrected chi connectivity index (χ1v) is 12.1. The zero-order valence-electron chi connectivity index (χ0n) is 21.5. The fourth-order valence-electron chi connectivity index (χ4n) is 4.31. The van der Waals surface area contributed by atoms with Crippen LogP contribution in [0.4, 0.5) is 15.9 Å². The van der Waals surface area contributed by atoms with Gasteiger partial charge < -0.3 is 25.6 Å². The highest BCUT2D eigenvalue weighted by Gasteiger charge is 2.28. The number of hydrogen-bond acceptors (Lipinski definition) is 6. The summed E-state index contributed by atoms with van der Waals surface area (Å²) in [7, 11) is 5.07. The molecule has 9 heteroatoms. The molecule has 1 aliphatic heterocycles. The van der Waals surface area contributed by atoms with Crippen LogP contribution in [-0.2, 0) is 0 Å². The summed E-state index contributed by atoms with van der Waals surface area (Å²) >= 11 is 0. The fourth-order valence-corrected chi connectivity index (χ4v) is 4.31. The van der Waals surface area contributed by atoms with Gasteiger partial charge in [-0.25, -0.2) is 8.91 Å². The van der Waals surface area contributed by atoms with Gasteiger partial charge in [-0.2, -0.15) is 5.10 Å². The van der Waals surface area contributed by atoms with Crippen LogP contribution < -0.4 is 20.7 Å². The summed E-state index contributed by atoms with van der Waals surface area (Å²) in [6, 6.07) is 10.6. The number of amides is 1. The van der Waals surface area contributed by atoms with Gasteiger partial charge in [-0.15, -0.1) is 5.92 Å². The van der Waals surface area contributed by atoms with E-state index >= 15 is 0 Å². The zero-order chi connectivity index (χ0) is 26.4. The van der Waals surface area contributed by atoms with Gasteiger partial charge in [-0.1, -0.05) is 17.9 Å². The van der Waals surface area contributed by atoms with E-state index in [1.54, 1.807) is 43.8 Å². The van der Waals surface area contributed by atoms with Crippen LogP contribution in [0.1, 0.15) is 35.0 Å². The molecule has 3 N–H and O–H groups in total. The highest BCUT2D eigenvalue weighted by Crippen LogP contribution is 2.26. The number of carbonyl (C=O) groups excluding carboxylic acids is 1. The lowest BCUT2D eigenvalue weighted by atomic mass is 10.0. The third-order valence-electron chi connectivity index (χ3n) is 6.25. The van der Waals surface area contributed by atoms with Gasteiger partial charge in [-0.3, -0.25) is 4.79 Å². The second-order valence-corrected chi connectivity index (χ2v) is 8.77. The Balaban J connectivity index is 1.56. The lowest BCUT2D eigenvalue weighted by Gasteiger charge is -2.33. The number of nitrogens with zero attached hydrogens (tertiary/aromatic N) is 3. The molecule has 0 saturated carbocycles. The number of alkyl halides is 1. The van der Waals surface area contributed by atoms with Crippen LogP contribution in [0.25, 0.3) is 5.52 Å². The van der Waals surface area contributed by atoms with E-state index in [0.717, 1.165) is 23.3 Å². The number of ether oxygens (including phenoxy) is 1. The van der Waals surface area contributed by atoms with E-state index < -0.39 is 6.17 Å². The van der Waals surface area contributed by atoms with Crippen LogP contribution in [-0.4, -0.2) is 73.5 Å². The van der Waals surface area contributed by atoms with E-state index in [0.29, 0.717) is 42.3 Å². The van der Waals surface area contributed by atoms with Gasteiger partial charge >= 0.3 is 0 Å². The highest BCUT2D eigenvalue weighted by atomic mass is 19.1. The zero-order valence-corrected chi connectivity index (χ0v) is 21.5. The summed E-state index contributed by atoms with van der Waals surface area (Å²) in [5, 5.41) is 13.9. The van der Waals surface area contributed by atoms with Crippen molar-refractivity contribution in [2.75, 3.05) is 51.5 Å². The van der Waals surface area contributed by atoms with Crippen LogP contribution in [0.3, 0.4) is 0 Å². The normalized spacial score (nSPS) is 17.2. The average Bonchev–Trinajstić information content (AvgIpc) is 3.26. The molecule has 2 aromatic heterocycles. The van der Waals surface area contributed by atoms with E-state index in [2.05, 4.69) is 39.6 Å². The van der Waals surface area contributed by atoms with Crippen molar-refractivity contribution in [1.29, 1.82) is 0 Å². The monoisotopic (exact) mass is 502 g/mol. The molecule has 4 rings (SSSR count). The molecular weight excluding hydrogens is 471 g/mol. The summed E-state index contributed by atoms with van der Waals surface area (Å²) < 4.78 is 21.8. The second kappa shape index (κ2) is 11.7. The number of nitrogens with one attached hydrogen (secondary N) is 3. The van der Waals surface area contributed by atoms with E-state index in [4.69, 9.17) is 9.84 Å². The standard InChI is InChI=1S/C28H31FN6O2/c1-5-8-20-22(9-7-15-31-24-13-12-19(28(36)30-2)17-26(24)37-4)33-35-25(20)10-6-11-27(35)32-23-14-16-34(3)18-21(23)29/h6,10-13,17,21,23,31-32H,14-16,18H2,1-4H3,(H,30,36)/t21-,23+/m0/s1. The molecule has 1 saturated heterocycles. The van der Waals surface area contributed by atoms with Crippen molar-refractivity contribution >= 4 is 22.9 Å². The Morgan fingerprint density at radius 2 is 2.11 bits per heavy atom. The minimum atomic E-state index is -0.966. The first-order chi connectivity index (χ1) is 17.9. The second-order valence-electron chi connectivity index (χ2n) is 8.77. The van der Waals surface area contributed by atoms with Crippen molar-refractivity contribution in [2.24, 2.45) is 0 Å². The van der Waals surface area contributed by atoms with E-state index in [1.165, 1.54) is 0 Å². The fraction of sp³-hybridized carbons (Fsp3) is 0.357. The Morgan fingerprint density at radius 1 is 1.27 bits per heavy atom. The highest BCUT2D eigenvalue weighted by molar-refractivity contribution is 5.95. The molecule has 1 aromatic carbocycles. The molecule has 0 bridgehead atoms. The largest absolute Gasteiger partial charge is 0.495 e. The first-order valence-electron chi connectivity index (χ1n) is 12.1. The number of benzene rings is 1. The third-order valence-corrected chi connectivity index (χ3v) is 6.25. The van der Waals surface area contributed by atoms with Gasteiger partial charge in [0.2, 0.25) is 0 Å². The molecule has 192 valence electrons. The minimum absolute atomic E-state index is 0.187. The minimum Gasteiger partial charge on any atom is -0.495 e. The van der Waals surface area contributed by atoms with Gasteiger partial charge in [0.1, 0.15) is 17.7 Å². The first kappa shape index (κ1) is 25.9. The summed E-state index contributed by atoms with van der Waals surface area (Å²) in [5.41, 5.74) is 3.32. The molecule has 3 heterocycles. The van der Waals surface area contributed by atoms with Gasteiger partial charge in [-0.05, 0) is 56.6 Å². The molecule has 3 aromatic rings. The van der Waals surface area contributed by atoms with Crippen LogP contribution in [0, 0.1) is 23.7 Å². The summed E-state index contributed by atoms with van der Waals surface area (Å²) in [6.07, 6.45) is -0.254. The van der Waals surface area contributed by atoms with Crippen LogP contribution in [0.15, 0.2) is 36.4 Å². The molecule has 1 fully saturated rings. The molecule has 37 heavy (non-hydrogen) atoms. The predicted octanol–water partition coefficient (Wildman–Crippen LogP) is 2.99. The van der Waals surface area contributed by atoms with Crippen molar-refractivity contribution in [3.63, 3.8) is 0 Å². The van der Waals surface area contributed by atoms with Crippen LogP contribution in [0.2, 0.25) is 0 Å². The van der Waals surface area contributed by atoms with Gasteiger partial charge in [0.05, 0.1) is 36.5 Å². The van der Waals surface area contributed by atoms with Crippen molar-refractivity contribution in [2.45, 2.75) is 25.6 Å². The van der Waals surface area contributed by atoms with E-state index in [9.17, 15) is 9.18 Å². The Morgan fingerprint density at radius 3 is 2.84 bits per heavy atom. The number of pyridine rings is 1. The maximum atomic E-state index is 14.7. The number of methoxy groups -OCH3 is 1. The van der Waals surface area contributed by atoms with Gasteiger partial charge in [0, 0.05) is 25.7 Å². The Hall–Kier alpha value is -4.21. The number of aromatic nitrogens is 2. The Bertz CT molecular complexity index is 1410. The number of rotatable bonds is 6. The molecule has 0 unspecified atom stereocenters. The lowest BCUT2D eigenvalue weighted by Crippen LogP contribution is -2.46. The molecule has 0 radical (unpaired) electrons. The maximum absolute atomic E-state index is 14.7. The van der Waals surface area contributed by atoms with Crippen LogP contribution in [0.5, 0.6) is 5.75 Å². The summed E-state index contributed by atoms with van der Waals surface area (Å²) in [4.78, 5) is 13.9. The van der Waals surface area contributed by atoms with Crippen molar-refractivity contribution < 1.29 is 13.9 Å². The summed E-state index contributed by atoms with van der Waals surface area (Å²) in [6.45, 7) is 3.34. The third kappa shape index (κ3) is 5.79.